The van der Waals surface area contributed by atoms with Crippen molar-refractivity contribution in [3.63, 3.8) is 0 Å². The molecule has 0 N–H and O–H groups in total. The van der Waals surface area contributed by atoms with Crippen LogP contribution in [0.4, 0.5) is 5.69 Å². The molecule has 190 valence electrons. The van der Waals surface area contributed by atoms with Crippen LogP contribution >= 0.6 is 0 Å². The van der Waals surface area contributed by atoms with Crippen LogP contribution in [0, 0.1) is 27.7 Å². The third-order valence-electron chi connectivity index (χ3n) is 6.94. The fraction of sp³-hybridized carbons (Fsp3) is 0.290. The van der Waals surface area contributed by atoms with Crippen molar-refractivity contribution in [2.75, 3.05) is 31.1 Å². The van der Waals surface area contributed by atoms with Gasteiger partial charge >= 0.3 is 0 Å². The average Bonchev–Trinajstić information content (AvgIpc) is 3.30. The highest BCUT2D eigenvalue weighted by Crippen LogP contribution is 2.25. The summed E-state index contributed by atoms with van der Waals surface area (Å²) < 4.78 is 11.8. The quantitative estimate of drug-likeness (QED) is 0.323. The monoisotopic (exact) mass is 495 g/mol. The molecule has 0 saturated carbocycles. The van der Waals surface area contributed by atoms with Crippen LogP contribution in [0.25, 0.3) is 11.5 Å². The lowest BCUT2D eigenvalue weighted by atomic mass is 10.1. The molecular formula is C31H33N3O3. The molecule has 0 radical (unpaired) electrons. The predicted molar refractivity (Wildman–Crippen MR) is 146 cm³/mol. The Hall–Kier alpha value is -4.06. The standard InChI is InChI=1S/C31H33N3O3/c1-21-6-13-27(14-7-21)36-20-28-24(4)37-30(32-28)25-9-11-26(12-10-25)31(35)34-17-15-33(16-18-34)29-19-22(2)5-8-23(29)3/h5-14,19H,15-18,20H2,1-4H3. The summed E-state index contributed by atoms with van der Waals surface area (Å²) in [5.41, 5.74) is 7.25. The first-order valence-corrected chi connectivity index (χ1v) is 12.7. The summed E-state index contributed by atoms with van der Waals surface area (Å²) in [6.07, 6.45) is 0. The summed E-state index contributed by atoms with van der Waals surface area (Å²) in [5.74, 6) is 2.11. The minimum absolute atomic E-state index is 0.0583. The van der Waals surface area contributed by atoms with E-state index in [-0.39, 0.29) is 5.91 Å². The zero-order valence-corrected chi connectivity index (χ0v) is 22.0. The van der Waals surface area contributed by atoms with E-state index in [0.29, 0.717) is 31.2 Å². The van der Waals surface area contributed by atoms with Crippen molar-refractivity contribution >= 4 is 11.6 Å². The topological polar surface area (TPSA) is 58.8 Å². The number of benzene rings is 3. The van der Waals surface area contributed by atoms with Crippen LogP contribution < -0.4 is 9.64 Å². The molecule has 0 unspecified atom stereocenters. The highest BCUT2D eigenvalue weighted by atomic mass is 16.5. The molecular weight excluding hydrogens is 462 g/mol. The number of piperazine rings is 1. The molecule has 2 heterocycles. The largest absolute Gasteiger partial charge is 0.487 e. The van der Waals surface area contributed by atoms with Gasteiger partial charge in [-0.15, -0.1) is 0 Å². The number of aryl methyl sites for hydroxylation is 4. The number of hydrogen-bond donors (Lipinski definition) is 0. The minimum Gasteiger partial charge on any atom is -0.487 e. The fourth-order valence-electron chi connectivity index (χ4n) is 4.62. The van der Waals surface area contributed by atoms with Crippen molar-refractivity contribution in [1.82, 2.24) is 9.88 Å². The summed E-state index contributed by atoms with van der Waals surface area (Å²) >= 11 is 0. The van der Waals surface area contributed by atoms with Gasteiger partial charge in [-0.3, -0.25) is 4.79 Å². The molecule has 1 saturated heterocycles. The Balaban J connectivity index is 1.20. The van der Waals surface area contributed by atoms with Crippen molar-refractivity contribution in [2.45, 2.75) is 34.3 Å². The molecule has 1 aliphatic rings. The van der Waals surface area contributed by atoms with Crippen LogP contribution in [0.5, 0.6) is 5.75 Å². The van der Waals surface area contributed by atoms with Gasteiger partial charge in [-0.05, 0) is 81.3 Å². The normalized spacial score (nSPS) is 13.6. The molecule has 4 aromatic rings. The number of aromatic nitrogens is 1. The zero-order valence-electron chi connectivity index (χ0n) is 22.0. The number of rotatable bonds is 6. The van der Waals surface area contributed by atoms with Gasteiger partial charge in [-0.25, -0.2) is 4.98 Å². The molecule has 0 atom stereocenters. The molecule has 3 aromatic carbocycles. The fourth-order valence-corrected chi connectivity index (χ4v) is 4.62. The van der Waals surface area contributed by atoms with Crippen LogP contribution in [-0.2, 0) is 6.61 Å². The Morgan fingerprint density at radius 2 is 1.54 bits per heavy atom. The maximum atomic E-state index is 13.2. The summed E-state index contributed by atoms with van der Waals surface area (Å²) in [7, 11) is 0. The first kappa shape index (κ1) is 24.6. The van der Waals surface area contributed by atoms with Gasteiger partial charge in [0.15, 0.2) is 0 Å². The minimum atomic E-state index is 0.0583. The molecule has 1 amide bonds. The second-order valence-electron chi connectivity index (χ2n) is 9.77. The molecule has 6 heteroatoms. The molecule has 6 nitrogen and oxygen atoms in total. The molecule has 1 aliphatic heterocycles. The number of oxazole rings is 1. The van der Waals surface area contributed by atoms with E-state index < -0.39 is 0 Å². The highest BCUT2D eigenvalue weighted by Gasteiger charge is 2.23. The van der Waals surface area contributed by atoms with Crippen LogP contribution in [0.1, 0.15) is 38.5 Å². The van der Waals surface area contributed by atoms with Gasteiger partial charge in [-0.1, -0.05) is 29.8 Å². The van der Waals surface area contributed by atoms with Crippen LogP contribution in [0.2, 0.25) is 0 Å². The lowest BCUT2D eigenvalue weighted by Crippen LogP contribution is -2.49. The van der Waals surface area contributed by atoms with Gasteiger partial charge in [0, 0.05) is 43.0 Å². The van der Waals surface area contributed by atoms with Gasteiger partial charge < -0.3 is 19.0 Å². The Bertz CT molecular complexity index is 1380. The smallest absolute Gasteiger partial charge is 0.253 e. The Kier molecular flexibility index (Phi) is 6.99. The maximum absolute atomic E-state index is 13.2. The molecule has 37 heavy (non-hydrogen) atoms. The van der Waals surface area contributed by atoms with Gasteiger partial charge in [0.1, 0.15) is 23.8 Å². The van der Waals surface area contributed by atoms with Gasteiger partial charge in [0.25, 0.3) is 5.91 Å². The SMILES string of the molecule is Cc1ccc(OCc2nc(-c3ccc(C(=O)N4CCN(c5cc(C)ccc5C)CC4)cc3)oc2C)cc1. The molecule has 1 fully saturated rings. The summed E-state index contributed by atoms with van der Waals surface area (Å²) in [6, 6.07) is 22.0. The summed E-state index contributed by atoms with van der Waals surface area (Å²) in [4.78, 5) is 22.1. The second-order valence-corrected chi connectivity index (χ2v) is 9.77. The van der Waals surface area contributed by atoms with Crippen molar-refractivity contribution in [1.29, 1.82) is 0 Å². The van der Waals surface area contributed by atoms with Gasteiger partial charge in [-0.2, -0.15) is 0 Å². The first-order chi connectivity index (χ1) is 17.9. The molecule has 0 aliphatic carbocycles. The number of nitrogens with zero attached hydrogens (tertiary/aromatic N) is 3. The van der Waals surface area contributed by atoms with Crippen LogP contribution in [0.3, 0.4) is 0 Å². The number of hydrogen-bond acceptors (Lipinski definition) is 5. The average molecular weight is 496 g/mol. The third kappa shape index (κ3) is 5.53. The van der Waals surface area contributed by atoms with E-state index in [1.165, 1.54) is 22.4 Å². The van der Waals surface area contributed by atoms with E-state index in [4.69, 9.17) is 9.15 Å². The number of amides is 1. The number of carbonyl (C=O) groups is 1. The number of carbonyl (C=O) groups excluding carboxylic acids is 1. The third-order valence-corrected chi connectivity index (χ3v) is 6.94. The zero-order chi connectivity index (χ0) is 25.9. The second kappa shape index (κ2) is 10.5. The van der Waals surface area contributed by atoms with E-state index in [0.717, 1.165) is 35.9 Å². The predicted octanol–water partition coefficient (Wildman–Crippen LogP) is 6.12. The van der Waals surface area contributed by atoms with Crippen LogP contribution in [-0.4, -0.2) is 42.0 Å². The summed E-state index contributed by atoms with van der Waals surface area (Å²) in [5, 5.41) is 0. The van der Waals surface area contributed by atoms with E-state index >= 15 is 0 Å². The number of ether oxygens (including phenoxy) is 1. The number of anilines is 1. The van der Waals surface area contributed by atoms with E-state index in [2.05, 4.69) is 41.9 Å². The highest BCUT2D eigenvalue weighted by molar-refractivity contribution is 5.94. The van der Waals surface area contributed by atoms with Crippen molar-refractivity contribution in [3.05, 3.63) is 100 Å². The Morgan fingerprint density at radius 1 is 0.865 bits per heavy atom. The van der Waals surface area contributed by atoms with Crippen molar-refractivity contribution < 1.29 is 13.9 Å². The van der Waals surface area contributed by atoms with Crippen LogP contribution in [0.15, 0.2) is 71.1 Å². The van der Waals surface area contributed by atoms with Gasteiger partial charge in [0.2, 0.25) is 5.89 Å². The van der Waals surface area contributed by atoms with Gasteiger partial charge in [0.05, 0.1) is 0 Å². The first-order valence-electron chi connectivity index (χ1n) is 12.7. The molecule has 0 bridgehead atoms. The Labute approximate surface area is 218 Å². The van der Waals surface area contributed by atoms with E-state index in [9.17, 15) is 4.79 Å². The lowest BCUT2D eigenvalue weighted by Gasteiger charge is -2.37. The van der Waals surface area contributed by atoms with E-state index in [1.807, 2.05) is 67.3 Å². The van der Waals surface area contributed by atoms with Crippen molar-refractivity contribution in [3.8, 4) is 17.2 Å². The summed E-state index contributed by atoms with van der Waals surface area (Å²) in [6.45, 7) is 11.6. The molecule has 5 rings (SSSR count). The lowest BCUT2D eigenvalue weighted by molar-refractivity contribution is 0.0747. The maximum Gasteiger partial charge on any atom is 0.253 e. The molecule has 1 aromatic heterocycles. The molecule has 0 spiro atoms. The Morgan fingerprint density at radius 3 is 2.24 bits per heavy atom. The van der Waals surface area contributed by atoms with Crippen molar-refractivity contribution in [2.24, 2.45) is 0 Å². The van der Waals surface area contributed by atoms with E-state index in [1.54, 1.807) is 0 Å².